The Morgan fingerprint density at radius 2 is 2.12 bits per heavy atom. The molecule has 0 aliphatic rings. The van der Waals surface area contributed by atoms with Gasteiger partial charge in [-0.05, 0) is 17.7 Å². The van der Waals surface area contributed by atoms with Gasteiger partial charge in [0.05, 0.1) is 16.9 Å². The molecule has 0 fully saturated rings. The fourth-order valence-corrected chi connectivity index (χ4v) is 2.31. The lowest BCUT2D eigenvalue weighted by atomic mass is 10.2. The quantitative estimate of drug-likeness (QED) is 0.600. The first-order valence-electron chi connectivity index (χ1n) is 5.09. The second-order valence-electron chi connectivity index (χ2n) is 3.50. The van der Waals surface area contributed by atoms with E-state index in [2.05, 4.69) is 0 Å². The monoisotopic (exact) mass is 249 g/mol. The summed E-state index contributed by atoms with van der Waals surface area (Å²) in [6, 6.07) is 10.5. The van der Waals surface area contributed by atoms with E-state index in [1.54, 1.807) is 30.2 Å². The Labute approximate surface area is 103 Å². The van der Waals surface area contributed by atoms with Crippen LogP contribution in [0.25, 0.3) is 0 Å². The molecule has 17 heavy (non-hydrogen) atoms. The van der Waals surface area contributed by atoms with E-state index in [1.807, 2.05) is 18.2 Å². The normalized spacial score (nSPS) is 10.4. The molecule has 4 nitrogen and oxygen atoms in total. The minimum Gasteiger partial charge on any atom is -0.468 e. The minimum atomic E-state index is -0.374. The van der Waals surface area contributed by atoms with Gasteiger partial charge in [-0.15, -0.1) is 11.8 Å². The van der Waals surface area contributed by atoms with Crippen LogP contribution in [-0.4, -0.2) is 4.92 Å². The number of non-ortho nitro benzene ring substituents is 1. The van der Waals surface area contributed by atoms with Crippen molar-refractivity contribution in [3.63, 3.8) is 0 Å². The third-order valence-electron chi connectivity index (χ3n) is 2.21. The molecule has 0 aliphatic carbocycles. The summed E-state index contributed by atoms with van der Waals surface area (Å²) in [4.78, 5) is 10.2. The number of benzene rings is 1. The van der Waals surface area contributed by atoms with Gasteiger partial charge in [0.1, 0.15) is 5.76 Å². The van der Waals surface area contributed by atoms with Crippen molar-refractivity contribution in [3.8, 4) is 0 Å². The second-order valence-corrected chi connectivity index (χ2v) is 4.48. The first kappa shape index (κ1) is 11.7. The molecule has 1 heterocycles. The Balaban J connectivity index is 1.90. The third-order valence-corrected chi connectivity index (χ3v) is 3.24. The van der Waals surface area contributed by atoms with Crippen molar-refractivity contribution >= 4 is 17.4 Å². The maximum Gasteiger partial charge on any atom is 0.269 e. The van der Waals surface area contributed by atoms with Crippen LogP contribution in [0.1, 0.15) is 11.3 Å². The molecule has 2 rings (SSSR count). The van der Waals surface area contributed by atoms with Gasteiger partial charge in [0.2, 0.25) is 0 Å². The third kappa shape index (κ3) is 3.35. The molecule has 0 unspecified atom stereocenters. The zero-order valence-corrected chi connectivity index (χ0v) is 9.85. The summed E-state index contributed by atoms with van der Waals surface area (Å²) in [5.74, 6) is 2.43. The Hall–Kier alpha value is -1.75. The maximum atomic E-state index is 10.6. The molecule has 0 radical (unpaired) electrons. The van der Waals surface area contributed by atoms with Crippen LogP contribution >= 0.6 is 11.8 Å². The molecule has 1 aromatic heterocycles. The average Bonchev–Trinajstić information content (AvgIpc) is 2.82. The van der Waals surface area contributed by atoms with Gasteiger partial charge in [-0.3, -0.25) is 10.1 Å². The number of furan rings is 1. The molecule has 0 atom stereocenters. The molecule has 0 saturated heterocycles. The smallest absolute Gasteiger partial charge is 0.269 e. The van der Waals surface area contributed by atoms with Crippen LogP contribution < -0.4 is 0 Å². The van der Waals surface area contributed by atoms with Crippen LogP contribution in [0.15, 0.2) is 47.1 Å². The molecule has 88 valence electrons. The van der Waals surface area contributed by atoms with E-state index in [0.717, 1.165) is 22.8 Å². The predicted molar refractivity (Wildman–Crippen MR) is 66.8 cm³/mol. The van der Waals surface area contributed by atoms with Crippen molar-refractivity contribution in [2.24, 2.45) is 0 Å². The van der Waals surface area contributed by atoms with Crippen molar-refractivity contribution in [1.29, 1.82) is 0 Å². The molecular formula is C12H11NO3S. The highest BCUT2D eigenvalue weighted by Gasteiger charge is 2.05. The minimum absolute atomic E-state index is 0.140. The average molecular weight is 249 g/mol. The number of thioether (sulfide) groups is 1. The Bertz CT molecular complexity index is 496. The summed E-state index contributed by atoms with van der Waals surface area (Å²) in [5.41, 5.74) is 1.09. The molecule has 2 aromatic rings. The van der Waals surface area contributed by atoms with Crippen LogP contribution in [0.2, 0.25) is 0 Å². The molecule has 0 bridgehead atoms. The van der Waals surface area contributed by atoms with E-state index in [-0.39, 0.29) is 10.6 Å². The van der Waals surface area contributed by atoms with Crippen molar-refractivity contribution in [1.82, 2.24) is 0 Å². The van der Waals surface area contributed by atoms with E-state index in [4.69, 9.17) is 4.42 Å². The zero-order chi connectivity index (χ0) is 12.1. The van der Waals surface area contributed by atoms with Gasteiger partial charge in [0, 0.05) is 17.9 Å². The number of nitro groups is 1. The molecule has 5 heteroatoms. The van der Waals surface area contributed by atoms with Gasteiger partial charge in [-0.2, -0.15) is 0 Å². The molecule has 1 aromatic carbocycles. The number of nitro benzene ring substituents is 1. The lowest BCUT2D eigenvalue weighted by Crippen LogP contribution is -1.89. The van der Waals surface area contributed by atoms with E-state index in [1.165, 1.54) is 6.07 Å². The van der Waals surface area contributed by atoms with E-state index in [0.29, 0.717) is 0 Å². The first-order valence-corrected chi connectivity index (χ1v) is 6.24. The highest BCUT2D eigenvalue weighted by atomic mass is 32.2. The summed E-state index contributed by atoms with van der Waals surface area (Å²) in [7, 11) is 0. The van der Waals surface area contributed by atoms with Gasteiger partial charge in [0.25, 0.3) is 5.69 Å². The number of hydrogen-bond acceptors (Lipinski definition) is 4. The number of rotatable bonds is 5. The van der Waals surface area contributed by atoms with Gasteiger partial charge in [-0.25, -0.2) is 0 Å². The van der Waals surface area contributed by atoms with E-state index >= 15 is 0 Å². The molecular weight excluding hydrogens is 238 g/mol. The van der Waals surface area contributed by atoms with Crippen molar-refractivity contribution in [2.45, 2.75) is 11.5 Å². The lowest BCUT2D eigenvalue weighted by molar-refractivity contribution is -0.384. The summed E-state index contributed by atoms with van der Waals surface area (Å²) >= 11 is 1.67. The first-order chi connectivity index (χ1) is 8.25. The zero-order valence-electron chi connectivity index (χ0n) is 9.04. The van der Waals surface area contributed by atoms with Crippen molar-refractivity contribution < 1.29 is 9.34 Å². The van der Waals surface area contributed by atoms with E-state index < -0.39 is 0 Å². The summed E-state index contributed by atoms with van der Waals surface area (Å²) in [6.07, 6.45) is 1.64. The summed E-state index contributed by atoms with van der Waals surface area (Å²) in [6.45, 7) is 0. The van der Waals surface area contributed by atoms with E-state index in [9.17, 15) is 10.1 Å². The van der Waals surface area contributed by atoms with Crippen LogP contribution in [-0.2, 0) is 11.5 Å². The van der Waals surface area contributed by atoms with Crippen molar-refractivity contribution in [2.75, 3.05) is 0 Å². The Kier molecular flexibility index (Phi) is 3.82. The fourth-order valence-electron chi connectivity index (χ4n) is 1.42. The van der Waals surface area contributed by atoms with Crippen LogP contribution in [0.4, 0.5) is 5.69 Å². The lowest BCUT2D eigenvalue weighted by Gasteiger charge is -2.00. The topological polar surface area (TPSA) is 56.3 Å². The van der Waals surface area contributed by atoms with Gasteiger partial charge in [-0.1, -0.05) is 12.1 Å². The second kappa shape index (κ2) is 5.54. The van der Waals surface area contributed by atoms with Crippen LogP contribution in [0.5, 0.6) is 0 Å². The number of hydrogen-bond donors (Lipinski definition) is 0. The molecule has 0 N–H and O–H groups in total. The maximum absolute atomic E-state index is 10.6. The van der Waals surface area contributed by atoms with Gasteiger partial charge < -0.3 is 4.42 Å². The molecule has 0 saturated carbocycles. The Morgan fingerprint density at radius 3 is 2.82 bits per heavy atom. The Morgan fingerprint density at radius 1 is 1.24 bits per heavy atom. The molecule has 0 spiro atoms. The largest absolute Gasteiger partial charge is 0.468 e. The van der Waals surface area contributed by atoms with Crippen LogP contribution in [0.3, 0.4) is 0 Å². The standard InChI is InChI=1S/C12H11NO3S/c14-13(15)11-4-1-3-10(7-11)8-17-9-12-5-2-6-16-12/h1-7H,8-9H2. The molecule has 0 aliphatic heterocycles. The summed E-state index contributed by atoms with van der Waals surface area (Å²) < 4.78 is 5.20. The van der Waals surface area contributed by atoms with Gasteiger partial charge in [0.15, 0.2) is 0 Å². The fraction of sp³-hybridized carbons (Fsp3) is 0.167. The highest BCUT2D eigenvalue weighted by Crippen LogP contribution is 2.20. The van der Waals surface area contributed by atoms with Gasteiger partial charge >= 0.3 is 0 Å². The predicted octanol–water partition coefficient (Wildman–Crippen LogP) is 3.62. The SMILES string of the molecule is O=[N+]([O-])c1cccc(CSCc2ccco2)c1. The molecule has 0 amide bonds. The van der Waals surface area contributed by atoms with Crippen molar-refractivity contribution in [3.05, 3.63) is 64.1 Å². The highest BCUT2D eigenvalue weighted by molar-refractivity contribution is 7.97. The summed E-state index contributed by atoms with van der Waals surface area (Å²) in [5, 5.41) is 10.6. The van der Waals surface area contributed by atoms with Crippen LogP contribution in [0, 0.1) is 10.1 Å². The number of nitrogens with zero attached hydrogens (tertiary/aromatic N) is 1.